The van der Waals surface area contributed by atoms with Crippen LogP contribution in [0.25, 0.3) is 6.08 Å². The van der Waals surface area contributed by atoms with Gasteiger partial charge >= 0.3 is 0 Å². The Hall–Kier alpha value is -2.83. The number of carbonyl (C=O) groups excluding carboxylic acids is 1. The number of ether oxygens (including phenoxy) is 4. The van der Waals surface area contributed by atoms with Crippen LogP contribution in [0.5, 0.6) is 11.5 Å². The number of amides is 1. The second-order valence-corrected chi connectivity index (χ2v) is 7.61. The lowest BCUT2D eigenvalue weighted by atomic mass is 10.2. The summed E-state index contributed by atoms with van der Waals surface area (Å²) < 4.78 is 22.6. The van der Waals surface area contributed by atoms with Gasteiger partial charge in [-0.25, -0.2) is 0 Å². The number of nitrogens with zero attached hydrogens (tertiary/aromatic N) is 1. The molecule has 0 saturated carbocycles. The third kappa shape index (κ3) is 6.09. The third-order valence-electron chi connectivity index (χ3n) is 5.32. The van der Waals surface area contributed by atoms with E-state index in [0.717, 1.165) is 30.7 Å². The van der Waals surface area contributed by atoms with Gasteiger partial charge in [-0.15, -0.1) is 0 Å². The maximum absolute atomic E-state index is 13.1. The van der Waals surface area contributed by atoms with Crippen molar-refractivity contribution in [1.82, 2.24) is 0 Å². The molecule has 2 heterocycles. The normalized spacial score (nSPS) is 17.7. The van der Waals surface area contributed by atoms with Crippen LogP contribution >= 0.6 is 0 Å². The quantitative estimate of drug-likeness (QED) is 0.569. The highest BCUT2D eigenvalue weighted by molar-refractivity contribution is 5.94. The number of fused-ring (bicyclic) bond motifs is 1. The minimum Gasteiger partial charge on any atom is -0.486 e. The van der Waals surface area contributed by atoms with Gasteiger partial charge in [-0.2, -0.15) is 0 Å². The third-order valence-corrected chi connectivity index (χ3v) is 5.32. The summed E-state index contributed by atoms with van der Waals surface area (Å²) >= 11 is 0. The zero-order valence-corrected chi connectivity index (χ0v) is 17.7. The molecule has 2 aliphatic heterocycles. The Kier molecular flexibility index (Phi) is 7.58. The van der Waals surface area contributed by atoms with Crippen LogP contribution in [0.1, 0.15) is 24.8 Å². The van der Waals surface area contributed by atoms with E-state index in [1.807, 2.05) is 60.7 Å². The molecule has 1 fully saturated rings. The van der Waals surface area contributed by atoms with Crippen LogP contribution in [0.4, 0.5) is 5.69 Å². The van der Waals surface area contributed by atoms with Crippen LogP contribution in [-0.4, -0.2) is 51.6 Å². The molecule has 0 N–H and O–H groups in total. The summed E-state index contributed by atoms with van der Waals surface area (Å²) in [5.41, 5.74) is 1.88. The van der Waals surface area contributed by atoms with Gasteiger partial charge in [0, 0.05) is 24.9 Å². The number of anilines is 1. The van der Waals surface area contributed by atoms with Crippen molar-refractivity contribution >= 4 is 17.7 Å². The second kappa shape index (κ2) is 11.0. The highest BCUT2D eigenvalue weighted by Crippen LogP contribution is 2.34. The summed E-state index contributed by atoms with van der Waals surface area (Å²) in [5, 5.41) is 0. The van der Waals surface area contributed by atoms with E-state index in [-0.39, 0.29) is 12.0 Å². The van der Waals surface area contributed by atoms with Gasteiger partial charge < -0.3 is 23.8 Å². The Morgan fingerprint density at radius 1 is 1.06 bits per heavy atom. The van der Waals surface area contributed by atoms with Gasteiger partial charge in [0.1, 0.15) is 13.2 Å². The fourth-order valence-electron chi connectivity index (χ4n) is 3.69. The van der Waals surface area contributed by atoms with Crippen LogP contribution in [0.3, 0.4) is 0 Å². The average molecular weight is 424 g/mol. The summed E-state index contributed by atoms with van der Waals surface area (Å²) in [6, 6.07) is 15.7. The van der Waals surface area contributed by atoms with E-state index in [9.17, 15) is 4.79 Å². The number of carbonyl (C=O) groups is 1. The molecule has 6 nitrogen and oxygen atoms in total. The monoisotopic (exact) mass is 423 g/mol. The summed E-state index contributed by atoms with van der Waals surface area (Å²) in [4.78, 5) is 14.8. The zero-order valence-electron chi connectivity index (χ0n) is 17.7. The molecular weight excluding hydrogens is 394 g/mol. The molecule has 1 amide bonds. The summed E-state index contributed by atoms with van der Waals surface area (Å²) in [6.07, 6.45) is 6.60. The molecule has 2 aromatic rings. The van der Waals surface area contributed by atoms with Gasteiger partial charge in [-0.05, 0) is 30.5 Å². The maximum Gasteiger partial charge on any atom is 0.229 e. The minimum absolute atomic E-state index is 0.00160. The number of rotatable bonds is 9. The first-order chi connectivity index (χ1) is 15.3. The van der Waals surface area contributed by atoms with E-state index >= 15 is 0 Å². The van der Waals surface area contributed by atoms with Gasteiger partial charge in [0.25, 0.3) is 0 Å². The number of hydrogen-bond donors (Lipinski definition) is 0. The second-order valence-electron chi connectivity index (χ2n) is 7.61. The van der Waals surface area contributed by atoms with Crippen molar-refractivity contribution < 1.29 is 23.7 Å². The van der Waals surface area contributed by atoms with E-state index < -0.39 is 0 Å². The molecule has 0 aliphatic carbocycles. The highest BCUT2D eigenvalue weighted by atomic mass is 16.6. The SMILES string of the molecule is O=C(CCOCC1CCCO1)N(C/C=C/c1ccccc1)c1ccc2c(c1)OCCO2. The van der Waals surface area contributed by atoms with Gasteiger partial charge in [0.15, 0.2) is 11.5 Å². The molecule has 164 valence electrons. The van der Waals surface area contributed by atoms with Gasteiger partial charge in [-0.3, -0.25) is 4.79 Å². The van der Waals surface area contributed by atoms with Gasteiger partial charge in [0.2, 0.25) is 5.91 Å². The molecule has 0 aromatic heterocycles. The highest BCUT2D eigenvalue weighted by Gasteiger charge is 2.20. The van der Waals surface area contributed by atoms with Crippen molar-refractivity contribution in [3.8, 4) is 11.5 Å². The van der Waals surface area contributed by atoms with Crippen LogP contribution in [0, 0.1) is 0 Å². The van der Waals surface area contributed by atoms with Crippen LogP contribution in [0.2, 0.25) is 0 Å². The first-order valence-electron chi connectivity index (χ1n) is 10.9. The molecule has 0 bridgehead atoms. The fourth-order valence-corrected chi connectivity index (χ4v) is 3.69. The standard InChI is InChI=1S/C25H29NO5/c27-25(12-15-28-19-22-9-5-14-29-22)26(13-4-8-20-6-2-1-3-7-20)21-10-11-23-24(18-21)31-17-16-30-23/h1-4,6-8,10-11,18,22H,5,9,12-17,19H2/b8-4+. The molecule has 1 atom stereocenters. The Bertz CT molecular complexity index is 877. The maximum atomic E-state index is 13.1. The number of benzene rings is 2. The van der Waals surface area contributed by atoms with E-state index in [0.29, 0.717) is 50.9 Å². The lowest BCUT2D eigenvalue weighted by Gasteiger charge is -2.25. The minimum atomic E-state index is 0.00160. The van der Waals surface area contributed by atoms with Crippen molar-refractivity contribution in [3.63, 3.8) is 0 Å². The summed E-state index contributed by atoms with van der Waals surface area (Å²) in [5.74, 6) is 1.38. The zero-order chi connectivity index (χ0) is 21.3. The van der Waals surface area contributed by atoms with Crippen LogP contribution in [0.15, 0.2) is 54.6 Å². The van der Waals surface area contributed by atoms with Crippen molar-refractivity contribution in [2.24, 2.45) is 0 Å². The summed E-state index contributed by atoms with van der Waals surface area (Å²) in [6.45, 7) is 3.23. The lowest BCUT2D eigenvalue weighted by Crippen LogP contribution is -2.32. The van der Waals surface area contributed by atoms with E-state index in [1.54, 1.807) is 4.90 Å². The van der Waals surface area contributed by atoms with E-state index in [1.165, 1.54) is 0 Å². The molecule has 2 aliphatic rings. The fraction of sp³-hybridized carbons (Fsp3) is 0.400. The molecule has 31 heavy (non-hydrogen) atoms. The molecule has 6 heteroatoms. The molecule has 4 rings (SSSR count). The Morgan fingerprint density at radius 3 is 2.71 bits per heavy atom. The van der Waals surface area contributed by atoms with E-state index in [4.69, 9.17) is 18.9 Å². The summed E-state index contributed by atoms with van der Waals surface area (Å²) in [7, 11) is 0. The predicted molar refractivity (Wildman–Crippen MR) is 120 cm³/mol. The van der Waals surface area contributed by atoms with E-state index in [2.05, 4.69) is 0 Å². The number of hydrogen-bond acceptors (Lipinski definition) is 5. The molecule has 1 saturated heterocycles. The van der Waals surface area contributed by atoms with Crippen LogP contribution < -0.4 is 14.4 Å². The molecule has 0 radical (unpaired) electrons. The topological polar surface area (TPSA) is 57.2 Å². The Labute approximate surface area is 183 Å². The first-order valence-corrected chi connectivity index (χ1v) is 10.9. The molecule has 0 spiro atoms. The van der Waals surface area contributed by atoms with Crippen molar-refractivity contribution in [1.29, 1.82) is 0 Å². The Balaban J connectivity index is 1.41. The van der Waals surface area contributed by atoms with Gasteiger partial charge in [-0.1, -0.05) is 42.5 Å². The van der Waals surface area contributed by atoms with Crippen molar-refractivity contribution in [2.75, 3.05) is 44.5 Å². The lowest BCUT2D eigenvalue weighted by molar-refractivity contribution is -0.119. The Morgan fingerprint density at radius 2 is 1.90 bits per heavy atom. The molecular formula is C25H29NO5. The van der Waals surface area contributed by atoms with Crippen molar-refractivity contribution in [2.45, 2.75) is 25.4 Å². The largest absolute Gasteiger partial charge is 0.486 e. The average Bonchev–Trinajstić information content (AvgIpc) is 3.33. The first kappa shape index (κ1) is 21.4. The predicted octanol–water partition coefficient (Wildman–Crippen LogP) is 4.09. The van der Waals surface area contributed by atoms with Crippen LogP contribution in [-0.2, 0) is 14.3 Å². The molecule has 1 unspecified atom stereocenters. The smallest absolute Gasteiger partial charge is 0.229 e. The van der Waals surface area contributed by atoms with Crippen molar-refractivity contribution in [3.05, 3.63) is 60.2 Å². The van der Waals surface area contributed by atoms with Gasteiger partial charge in [0.05, 0.1) is 25.7 Å². The molecule has 2 aromatic carbocycles.